The van der Waals surface area contributed by atoms with Crippen LogP contribution in [0.25, 0.3) is 0 Å². The first-order chi connectivity index (χ1) is 8.61. The van der Waals surface area contributed by atoms with E-state index in [1.807, 2.05) is 24.5 Å². The molecule has 1 aliphatic rings. The molecule has 0 aliphatic carbocycles. The fourth-order valence-corrected chi connectivity index (χ4v) is 2.53. The Bertz CT molecular complexity index is 367. The number of aliphatic hydroxyl groups is 1. The lowest BCUT2D eigenvalue weighted by Crippen LogP contribution is -2.43. The highest BCUT2D eigenvalue weighted by Gasteiger charge is 2.29. The highest BCUT2D eigenvalue weighted by Crippen LogP contribution is 2.21. The maximum atomic E-state index is 9.54. The molecule has 2 heterocycles. The van der Waals surface area contributed by atoms with E-state index in [1.165, 1.54) is 5.56 Å². The number of nitrogens with zero attached hydrogens (tertiary/aromatic N) is 2. The summed E-state index contributed by atoms with van der Waals surface area (Å²) >= 11 is 0. The summed E-state index contributed by atoms with van der Waals surface area (Å²) in [4.78, 5) is 6.41. The van der Waals surface area contributed by atoms with Crippen molar-refractivity contribution in [1.29, 1.82) is 0 Å². The highest BCUT2D eigenvalue weighted by atomic mass is 16.3. The van der Waals surface area contributed by atoms with Crippen LogP contribution in [0.2, 0.25) is 0 Å². The minimum atomic E-state index is 0.194. The zero-order valence-corrected chi connectivity index (χ0v) is 11.3. The molecule has 100 valence electrons. The first-order valence-corrected chi connectivity index (χ1v) is 6.55. The van der Waals surface area contributed by atoms with Crippen LogP contribution in [0.1, 0.15) is 19.4 Å². The molecule has 2 N–H and O–H groups in total. The van der Waals surface area contributed by atoms with Crippen LogP contribution < -0.4 is 5.32 Å². The van der Waals surface area contributed by atoms with Crippen molar-refractivity contribution in [2.24, 2.45) is 5.41 Å². The third-order valence-electron chi connectivity index (χ3n) is 3.48. The van der Waals surface area contributed by atoms with E-state index in [0.717, 1.165) is 26.2 Å². The molecule has 1 aromatic heterocycles. The monoisotopic (exact) mass is 249 g/mol. The molecule has 2 rings (SSSR count). The highest BCUT2D eigenvalue weighted by molar-refractivity contribution is 5.10. The minimum absolute atomic E-state index is 0.194. The smallest absolute Gasteiger partial charge is 0.0599 e. The van der Waals surface area contributed by atoms with Crippen molar-refractivity contribution >= 4 is 0 Å². The molecule has 0 spiro atoms. The number of aliphatic hydroxyl groups excluding tert-OH is 1. The maximum absolute atomic E-state index is 9.54. The van der Waals surface area contributed by atoms with Crippen LogP contribution in [0.15, 0.2) is 24.5 Å². The van der Waals surface area contributed by atoms with Gasteiger partial charge in [0.05, 0.1) is 6.61 Å². The van der Waals surface area contributed by atoms with Crippen molar-refractivity contribution in [3.05, 3.63) is 30.1 Å². The summed E-state index contributed by atoms with van der Waals surface area (Å²) < 4.78 is 0. The Morgan fingerprint density at radius 2 is 2.17 bits per heavy atom. The van der Waals surface area contributed by atoms with Gasteiger partial charge in [0.1, 0.15) is 0 Å². The van der Waals surface area contributed by atoms with Gasteiger partial charge in [-0.05, 0) is 23.1 Å². The van der Waals surface area contributed by atoms with Gasteiger partial charge in [-0.15, -0.1) is 0 Å². The van der Waals surface area contributed by atoms with E-state index in [-0.39, 0.29) is 18.1 Å². The number of hydrogen-bond donors (Lipinski definition) is 2. The van der Waals surface area contributed by atoms with Gasteiger partial charge in [0.15, 0.2) is 0 Å². The molecule has 1 unspecified atom stereocenters. The van der Waals surface area contributed by atoms with E-state index in [9.17, 15) is 5.11 Å². The number of nitrogens with one attached hydrogen (secondary N) is 1. The molecule has 4 nitrogen and oxygen atoms in total. The first kappa shape index (κ1) is 13.5. The Morgan fingerprint density at radius 3 is 2.83 bits per heavy atom. The van der Waals surface area contributed by atoms with Gasteiger partial charge in [-0.3, -0.25) is 9.88 Å². The van der Waals surface area contributed by atoms with Crippen molar-refractivity contribution in [3.63, 3.8) is 0 Å². The molecule has 0 saturated carbocycles. The first-order valence-electron chi connectivity index (χ1n) is 6.55. The Morgan fingerprint density at radius 1 is 1.44 bits per heavy atom. The zero-order chi connectivity index (χ0) is 13.0. The standard InChI is InChI=1S/C14H23N3O/c1-14(2)10-16-7-13(9-18)17(11-14)8-12-3-5-15-6-4-12/h3-6,13,16,18H,7-11H2,1-2H3. The van der Waals surface area contributed by atoms with E-state index in [1.54, 1.807) is 0 Å². The molecular formula is C14H23N3O. The summed E-state index contributed by atoms with van der Waals surface area (Å²) in [5.74, 6) is 0. The Kier molecular flexibility index (Phi) is 4.32. The van der Waals surface area contributed by atoms with Crippen LogP contribution in [-0.4, -0.2) is 47.3 Å². The van der Waals surface area contributed by atoms with Gasteiger partial charge in [-0.1, -0.05) is 13.8 Å². The largest absolute Gasteiger partial charge is 0.395 e. The van der Waals surface area contributed by atoms with Crippen molar-refractivity contribution in [1.82, 2.24) is 15.2 Å². The van der Waals surface area contributed by atoms with Crippen LogP contribution in [0.5, 0.6) is 0 Å². The molecule has 18 heavy (non-hydrogen) atoms. The minimum Gasteiger partial charge on any atom is -0.395 e. The number of hydrogen-bond acceptors (Lipinski definition) is 4. The Balaban J connectivity index is 2.10. The Hall–Kier alpha value is -0.970. The lowest BCUT2D eigenvalue weighted by atomic mass is 9.93. The quantitative estimate of drug-likeness (QED) is 0.835. The maximum Gasteiger partial charge on any atom is 0.0599 e. The van der Waals surface area contributed by atoms with Crippen LogP contribution in [0, 0.1) is 5.41 Å². The molecular weight excluding hydrogens is 226 g/mol. The average molecular weight is 249 g/mol. The van der Waals surface area contributed by atoms with E-state index < -0.39 is 0 Å². The van der Waals surface area contributed by atoms with E-state index in [2.05, 4.69) is 29.0 Å². The molecule has 0 bridgehead atoms. The van der Waals surface area contributed by atoms with Gasteiger partial charge in [-0.2, -0.15) is 0 Å². The van der Waals surface area contributed by atoms with E-state index >= 15 is 0 Å². The van der Waals surface area contributed by atoms with Gasteiger partial charge < -0.3 is 10.4 Å². The molecule has 4 heteroatoms. The summed E-state index contributed by atoms with van der Waals surface area (Å²) in [5.41, 5.74) is 1.48. The van der Waals surface area contributed by atoms with Crippen LogP contribution >= 0.6 is 0 Å². The lowest BCUT2D eigenvalue weighted by molar-refractivity contribution is 0.101. The summed E-state index contributed by atoms with van der Waals surface area (Å²) in [6.45, 7) is 8.44. The molecule has 1 aromatic rings. The molecule has 1 aliphatic heterocycles. The van der Waals surface area contributed by atoms with Crippen LogP contribution in [0.4, 0.5) is 0 Å². The summed E-state index contributed by atoms with van der Waals surface area (Å²) in [6, 6.07) is 4.28. The lowest BCUT2D eigenvalue weighted by Gasteiger charge is -2.33. The van der Waals surface area contributed by atoms with Crippen LogP contribution in [-0.2, 0) is 6.54 Å². The summed E-state index contributed by atoms with van der Waals surface area (Å²) in [5, 5.41) is 13.0. The second kappa shape index (κ2) is 5.78. The molecule has 0 radical (unpaired) electrons. The second-order valence-corrected chi connectivity index (χ2v) is 5.89. The predicted octanol–water partition coefficient (Wildman–Crippen LogP) is 0.874. The van der Waals surface area contributed by atoms with Crippen LogP contribution in [0.3, 0.4) is 0 Å². The topological polar surface area (TPSA) is 48.4 Å². The number of rotatable bonds is 3. The van der Waals surface area contributed by atoms with Gasteiger partial charge in [0, 0.05) is 44.6 Å². The van der Waals surface area contributed by atoms with Crippen molar-refractivity contribution in [3.8, 4) is 0 Å². The fraction of sp³-hybridized carbons (Fsp3) is 0.643. The molecule has 0 amide bonds. The van der Waals surface area contributed by atoms with Crippen molar-refractivity contribution in [2.45, 2.75) is 26.4 Å². The second-order valence-electron chi connectivity index (χ2n) is 5.89. The molecule has 0 aromatic carbocycles. The zero-order valence-electron chi connectivity index (χ0n) is 11.3. The number of pyridine rings is 1. The van der Waals surface area contributed by atoms with Gasteiger partial charge in [0.25, 0.3) is 0 Å². The number of aromatic nitrogens is 1. The van der Waals surface area contributed by atoms with Gasteiger partial charge >= 0.3 is 0 Å². The molecule has 1 fully saturated rings. The average Bonchev–Trinajstić information content (AvgIpc) is 2.48. The van der Waals surface area contributed by atoms with Gasteiger partial charge in [0.2, 0.25) is 0 Å². The van der Waals surface area contributed by atoms with Crippen molar-refractivity contribution < 1.29 is 5.11 Å². The van der Waals surface area contributed by atoms with Gasteiger partial charge in [-0.25, -0.2) is 0 Å². The fourth-order valence-electron chi connectivity index (χ4n) is 2.53. The van der Waals surface area contributed by atoms with E-state index in [0.29, 0.717) is 0 Å². The van der Waals surface area contributed by atoms with Crippen molar-refractivity contribution in [2.75, 3.05) is 26.2 Å². The Labute approximate surface area is 109 Å². The summed E-state index contributed by atoms with van der Waals surface area (Å²) in [6.07, 6.45) is 3.65. The predicted molar refractivity (Wildman–Crippen MR) is 72.2 cm³/mol. The third-order valence-corrected chi connectivity index (χ3v) is 3.48. The molecule has 1 saturated heterocycles. The SMILES string of the molecule is CC1(C)CNCC(CO)N(Cc2ccncc2)C1. The third kappa shape index (κ3) is 3.51. The normalized spacial score (nSPS) is 24.7. The van der Waals surface area contributed by atoms with E-state index in [4.69, 9.17) is 0 Å². The summed E-state index contributed by atoms with van der Waals surface area (Å²) in [7, 11) is 0. The molecule has 1 atom stereocenters.